The molecule has 4 rings (SSSR count). The Kier molecular flexibility index (Phi) is 21.1. The molecule has 0 saturated carbocycles. The molecule has 0 aromatic carbocycles. The summed E-state index contributed by atoms with van der Waals surface area (Å²) in [5.41, 5.74) is -4.07. The summed E-state index contributed by atoms with van der Waals surface area (Å²) in [7, 11) is 0. The van der Waals surface area contributed by atoms with Crippen molar-refractivity contribution in [2.75, 3.05) is 59.3 Å². The highest BCUT2D eigenvalue weighted by Crippen LogP contribution is 2.31. The standard InChI is InChI=1S/C45H66N6O18/c1-7-64-37(55)31(38(56)65-8-2)34(52)46-25-19-13-16-22-28(46)49-43(61)50(29-23-17-14-20-26-47(29)35(53)32(39(57)66-9-3)40(58)67-10-4)45(63)51(44(49)62)30-24-18-15-21-27-48(30)36(54)33(41(59)68-11-5)42(60)69-12-6/h28-33H,7-27H2,1-6H3. The first-order chi connectivity index (χ1) is 33.1. The van der Waals surface area contributed by atoms with E-state index in [0.717, 1.165) is 14.7 Å². The molecule has 3 amide bonds. The van der Waals surface area contributed by atoms with E-state index in [1.165, 1.54) is 41.5 Å². The molecule has 0 radical (unpaired) electrons. The van der Waals surface area contributed by atoms with Gasteiger partial charge in [-0.2, -0.15) is 0 Å². The Bertz CT molecular complexity index is 1910. The number of esters is 6. The predicted octanol–water partition coefficient (Wildman–Crippen LogP) is 1.10. The van der Waals surface area contributed by atoms with E-state index >= 15 is 14.4 Å². The third-order valence-electron chi connectivity index (χ3n) is 12.0. The first-order valence-corrected chi connectivity index (χ1v) is 24.0. The lowest BCUT2D eigenvalue weighted by Crippen LogP contribution is -2.63. The van der Waals surface area contributed by atoms with Gasteiger partial charge >= 0.3 is 52.9 Å². The van der Waals surface area contributed by atoms with Gasteiger partial charge in [-0.15, -0.1) is 0 Å². The maximum atomic E-state index is 15.5. The second kappa shape index (κ2) is 26.4. The molecule has 0 spiro atoms. The topological polar surface area (TPSA) is 285 Å². The van der Waals surface area contributed by atoms with Crippen molar-refractivity contribution >= 4 is 53.5 Å². The first-order valence-electron chi connectivity index (χ1n) is 24.0. The van der Waals surface area contributed by atoms with Gasteiger partial charge in [-0.3, -0.25) is 43.2 Å². The van der Waals surface area contributed by atoms with Crippen LogP contribution in [0, 0.1) is 17.8 Å². The molecule has 0 N–H and O–H groups in total. The lowest BCUT2D eigenvalue weighted by atomic mass is 10.1. The molecular weight excluding hydrogens is 913 g/mol. The molecule has 24 nitrogen and oxygen atoms in total. The average Bonchev–Trinajstić information content (AvgIpc) is 3.80. The predicted molar refractivity (Wildman–Crippen MR) is 237 cm³/mol. The van der Waals surface area contributed by atoms with E-state index in [0.29, 0.717) is 33.0 Å². The monoisotopic (exact) mass is 978 g/mol. The smallest absolute Gasteiger partial charge is 0.339 e. The Morgan fingerprint density at radius 2 is 0.565 bits per heavy atom. The van der Waals surface area contributed by atoms with Crippen LogP contribution in [0.1, 0.15) is 137 Å². The summed E-state index contributed by atoms with van der Waals surface area (Å²) in [6, 6.07) is 0. The Hall–Kier alpha value is -6.36. The number of rotatable bonds is 18. The molecule has 24 heteroatoms. The van der Waals surface area contributed by atoms with Crippen LogP contribution in [0.2, 0.25) is 0 Å². The fourth-order valence-electron chi connectivity index (χ4n) is 8.95. The summed E-state index contributed by atoms with van der Waals surface area (Å²) >= 11 is 0. The van der Waals surface area contributed by atoms with E-state index in [4.69, 9.17) is 28.4 Å². The van der Waals surface area contributed by atoms with E-state index in [9.17, 15) is 43.2 Å². The molecule has 3 fully saturated rings. The lowest BCUT2D eigenvalue weighted by molar-refractivity contribution is -0.171. The number of hydrogen-bond acceptors (Lipinski definition) is 18. The van der Waals surface area contributed by atoms with Gasteiger partial charge in [-0.25, -0.2) is 28.1 Å². The number of ether oxygens (including phenoxy) is 6. The zero-order valence-electron chi connectivity index (χ0n) is 40.3. The summed E-state index contributed by atoms with van der Waals surface area (Å²) < 4.78 is 32.4. The van der Waals surface area contributed by atoms with Gasteiger partial charge in [-0.05, 0) is 99.3 Å². The van der Waals surface area contributed by atoms with Gasteiger partial charge in [0.1, 0.15) is 18.5 Å². The Labute approximate surface area is 398 Å². The van der Waals surface area contributed by atoms with Crippen molar-refractivity contribution in [3.63, 3.8) is 0 Å². The molecule has 384 valence electrons. The molecule has 69 heavy (non-hydrogen) atoms. The van der Waals surface area contributed by atoms with Crippen LogP contribution in [-0.2, 0) is 71.6 Å². The third-order valence-corrected chi connectivity index (χ3v) is 12.0. The quantitative estimate of drug-likeness (QED) is 0.113. The Balaban J connectivity index is 2.15. The summed E-state index contributed by atoms with van der Waals surface area (Å²) in [5.74, 6) is -17.6. The lowest BCUT2D eigenvalue weighted by Gasteiger charge is -2.37. The fourth-order valence-corrected chi connectivity index (χ4v) is 8.95. The second-order valence-electron chi connectivity index (χ2n) is 16.4. The number of amides is 3. The summed E-state index contributed by atoms with van der Waals surface area (Å²) in [6.07, 6.45) is -2.42. The van der Waals surface area contributed by atoms with Gasteiger partial charge in [0, 0.05) is 19.6 Å². The minimum absolute atomic E-state index is 0.153. The van der Waals surface area contributed by atoms with Crippen LogP contribution in [0.15, 0.2) is 14.4 Å². The number of carbonyl (C=O) groups is 9. The number of carbonyl (C=O) groups excluding carboxylic acids is 9. The molecule has 0 aliphatic carbocycles. The summed E-state index contributed by atoms with van der Waals surface area (Å²) in [6.45, 7) is 6.72. The van der Waals surface area contributed by atoms with Crippen molar-refractivity contribution < 1.29 is 71.6 Å². The first kappa shape index (κ1) is 55.2. The van der Waals surface area contributed by atoms with Crippen LogP contribution in [0.3, 0.4) is 0 Å². The zero-order valence-corrected chi connectivity index (χ0v) is 40.3. The third kappa shape index (κ3) is 12.7. The maximum absolute atomic E-state index is 15.5. The van der Waals surface area contributed by atoms with E-state index in [1.807, 2.05) is 0 Å². The molecule has 3 aliphatic rings. The molecule has 3 aliphatic heterocycles. The van der Waals surface area contributed by atoms with Crippen molar-refractivity contribution in [3.8, 4) is 0 Å². The van der Waals surface area contributed by atoms with Crippen LogP contribution in [0.5, 0.6) is 0 Å². The Morgan fingerprint density at radius 1 is 0.362 bits per heavy atom. The highest BCUT2D eigenvalue weighted by molar-refractivity contribution is 6.15. The number of hydrogen-bond donors (Lipinski definition) is 0. The van der Waals surface area contributed by atoms with Crippen molar-refractivity contribution in [1.29, 1.82) is 0 Å². The summed E-state index contributed by atoms with van der Waals surface area (Å²) in [4.78, 5) is 173. The maximum Gasteiger partial charge on any atom is 0.339 e. The van der Waals surface area contributed by atoms with Crippen LogP contribution in [-0.4, -0.2) is 141 Å². The van der Waals surface area contributed by atoms with Crippen LogP contribution in [0.4, 0.5) is 0 Å². The van der Waals surface area contributed by atoms with E-state index < -0.39 is 107 Å². The number of aromatic nitrogens is 3. The highest BCUT2D eigenvalue weighted by atomic mass is 16.6. The van der Waals surface area contributed by atoms with E-state index in [-0.39, 0.29) is 117 Å². The second-order valence-corrected chi connectivity index (χ2v) is 16.4. The molecule has 1 aromatic rings. The molecule has 0 bridgehead atoms. The van der Waals surface area contributed by atoms with Crippen molar-refractivity contribution in [2.24, 2.45) is 17.8 Å². The fraction of sp³-hybridized carbons (Fsp3) is 0.733. The Morgan fingerprint density at radius 3 is 0.754 bits per heavy atom. The number of nitrogens with zero attached hydrogens (tertiary/aromatic N) is 6. The average molecular weight is 979 g/mol. The van der Waals surface area contributed by atoms with Crippen LogP contribution in [0.25, 0.3) is 0 Å². The largest absolute Gasteiger partial charge is 0.465 e. The van der Waals surface area contributed by atoms with Gasteiger partial charge in [0.15, 0.2) is 0 Å². The molecule has 3 saturated heterocycles. The number of likely N-dealkylation sites (tertiary alicyclic amines) is 3. The van der Waals surface area contributed by atoms with E-state index in [2.05, 4.69) is 0 Å². The van der Waals surface area contributed by atoms with Crippen molar-refractivity contribution in [2.45, 2.75) is 137 Å². The van der Waals surface area contributed by atoms with Crippen LogP contribution < -0.4 is 17.1 Å². The van der Waals surface area contributed by atoms with Crippen molar-refractivity contribution in [1.82, 2.24) is 28.4 Å². The van der Waals surface area contributed by atoms with Gasteiger partial charge in [0.25, 0.3) is 0 Å². The molecule has 1 aromatic heterocycles. The zero-order chi connectivity index (χ0) is 50.9. The molecular formula is C45H66N6O18. The van der Waals surface area contributed by atoms with Gasteiger partial charge in [0.05, 0.1) is 39.6 Å². The molecule has 4 heterocycles. The minimum Gasteiger partial charge on any atom is -0.465 e. The van der Waals surface area contributed by atoms with Gasteiger partial charge in [0.2, 0.25) is 35.5 Å². The van der Waals surface area contributed by atoms with Gasteiger partial charge < -0.3 is 43.1 Å². The van der Waals surface area contributed by atoms with Crippen LogP contribution >= 0.6 is 0 Å². The molecule has 3 unspecified atom stereocenters. The summed E-state index contributed by atoms with van der Waals surface area (Å²) in [5, 5.41) is 0. The normalized spacial score (nSPS) is 18.9. The highest BCUT2D eigenvalue weighted by Gasteiger charge is 2.48. The van der Waals surface area contributed by atoms with E-state index in [1.54, 1.807) is 0 Å². The van der Waals surface area contributed by atoms with Crippen molar-refractivity contribution in [3.05, 3.63) is 31.5 Å². The van der Waals surface area contributed by atoms with Gasteiger partial charge in [-0.1, -0.05) is 19.3 Å². The molecule has 3 atom stereocenters. The SMILES string of the molecule is CCOC(=O)C(C(=O)OCC)C(=O)N1CCCCCC1n1c(=O)n(C2CCCCCN2C(=O)C(C(=O)OCC)C(=O)OCC)c(=O)n(C2CCCCCN2C(=O)C(C(=O)OCC)C(=O)OCC)c1=O. The minimum atomic E-state index is -2.19.